The third kappa shape index (κ3) is 3.01. The number of aromatic nitrogens is 2. The van der Waals surface area contributed by atoms with Crippen LogP contribution >= 0.6 is 0 Å². The zero-order valence-corrected chi connectivity index (χ0v) is 12.8. The van der Waals surface area contributed by atoms with Gasteiger partial charge in [0, 0.05) is 17.5 Å². The average Bonchev–Trinajstić information content (AvgIpc) is 2.92. The molecule has 0 aliphatic carbocycles. The van der Waals surface area contributed by atoms with Gasteiger partial charge in [0.15, 0.2) is 0 Å². The Bertz CT molecular complexity index is 803. The summed E-state index contributed by atoms with van der Waals surface area (Å²) >= 11 is 0. The van der Waals surface area contributed by atoms with Gasteiger partial charge in [0.2, 0.25) is 5.91 Å². The molecule has 0 aliphatic rings. The maximum atomic E-state index is 12.1. The lowest BCUT2D eigenvalue weighted by molar-refractivity contribution is -0.116. The van der Waals surface area contributed by atoms with E-state index in [-0.39, 0.29) is 5.91 Å². The third-order valence-electron chi connectivity index (χ3n) is 3.75. The molecule has 3 rings (SSSR count). The first-order valence-electron chi connectivity index (χ1n) is 7.41. The molecule has 2 aromatic carbocycles. The van der Waals surface area contributed by atoms with Crippen molar-refractivity contribution in [1.82, 2.24) is 9.78 Å². The first kappa shape index (κ1) is 14.3. The Hall–Kier alpha value is -2.62. The summed E-state index contributed by atoms with van der Waals surface area (Å²) in [5, 5.41) is 8.41. The molecule has 3 aromatic rings. The highest BCUT2D eigenvalue weighted by atomic mass is 16.1. The van der Waals surface area contributed by atoms with Crippen molar-refractivity contribution >= 4 is 22.5 Å². The molecular formula is C18H19N3O. The minimum absolute atomic E-state index is 0.00101. The summed E-state index contributed by atoms with van der Waals surface area (Å²) in [6.45, 7) is 4.66. The first-order chi connectivity index (χ1) is 10.6. The number of fused-ring (bicyclic) bond motifs is 1. The van der Waals surface area contributed by atoms with Crippen LogP contribution < -0.4 is 5.32 Å². The predicted molar refractivity (Wildman–Crippen MR) is 88.9 cm³/mol. The maximum absolute atomic E-state index is 12.1. The fourth-order valence-corrected chi connectivity index (χ4v) is 2.57. The second-order valence-corrected chi connectivity index (χ2v) is 5.54. The lowest BCUT2D eigenvalue weighted by Crippen LogP contribution is -2.15. The van der Waals surface area contributed by atoms with Crippen LogP contribution in [0, 0.1) is 13.8 Å². The molecule has 0 bridgehead atoms. The number of aryl methyl sites for hydroxylation is 3. The summed E-state index contributed by atoms with van der Waals surface area (Å²) in [5.41, 5.74) is 4.29. The van der Waals surface area contributed by atoms with E-state index in [0.717, 1.165) is 16.6 Å². The van der Waals surface area contributed by atoms with E-state index >= 15 is 0 Å². The van der Waals surface area contributed by atoms with Gasteiger partial charge in [-0.05, 0) is 31.5 Å². The van der Waals surface area contributed by atoms with E-state index in [1.807, 2.05) is 54.2 Å². The van der Waals surface area contributed by atoms with Crippen molar-refractivity contribution in [3.8, 4) is 0 Å². The number of carbonyl (C=O) groups is 1. The average molecular weight is 293 g/mol. The maximum Gasteiger partial charge on any atom is 0.226 e. The second-order valence-electron chi connectivity index (χ2n) is 5.54. The van der Waals surface area contributed by atoms with E-state index in [1.165, 1.54) is 11.1 Å². The van der Waals surface area contributed by atoms with Gasteiger partial charge >= 0.3 is 0 Å². The molecule has 0 radical (unpaired) electrons. The van der Waals surface area contributed by atoms with Gasteiger partial charge in [0.25, 0.3) is 0 Å². The van der Waals surface area contributed by atoms with E-state index in [2.05, 4.69) is 23.4 Å². The number of benzene rings is 2. The van der Waals surface area contributed by atoms with Crippen molar-refractivity contribution in [3.63, 3.8) is 0 Å². The zero-order chi connectivity index (χ0) is 15.5. The molecule has 0 unspecified atom stereocenters. The van der Waals surface area contributed by atoms with Gasteiger partial charge in [0.1, 0.15) is 0 Å². The van der Waals surface area contributed by atoms with Crippen molar-refractivity contribution in [3.05, 3.63) is 59.8 Å². The van der Waals surface area contributed by atoms with Gasteiger partial charge < -0.3 is 5.32 Å². The standard InChI is InChI=1S/C18H19N3O/c1-13-6-8-16(9-7-13)20-17(22)10-11-21-18-14(2)4-3-5-15(18)12-19-21/h3-9,12H,10-11H2,1-2H3,(H,20,22). The molecule has 1 N–H and O–H groups in total. The normalized spacial score (nSPS) is 10.8. The summed E-state index contributed by atoms with van der Waals surface area (Å²) in [7, 11) is 0. The van der Waals surface area contributed by atoms with Gasteiger partial charge in [0.05, 0.1) is 18.3 Å². The minimum atomic E-state index is 0.00101. The molecule has 0 aliphatic heterocycles. The fourth-order valence-electron chi connectivity index (χ4n) is 2.57. The Balaban J connectivity index is 1.66. The van der Waals surface area contributed by atoms with Crippen molar-refractivity contribution in [1.29, 1.82) is 0 Å². The molecule has 0 atom stereocenters. The highest BCUT2D eigenvalue weighted by Gasteiger charge is 2.08. The van der Waals surface area contributed by atoms with Crippen LogP contribution in [-0.4, -0.2) is 15.7 Å². The van der Waals surface area contributed by atoms with Crippen LogP contribution in [0.15, 0.2) is 48.7 Å². The number of para-hydroxylation sites is 1. The molecule has 4 nitrogen and oxygen atoms in total. The molecule has 1 amide bonds. The number of hydrogen-bond donors (Lipinski definition) is 1. The van der Waals surface area contributed by atoms with Crippen molar-refractivity contribution in [2.24, 2.45) is 0 Å². The molecule has 1 heterocycles. The monoisotopic (exact) mass is 293 g/mol. The Morgan fingerprint density at radius 3 is 2.68 bits per heavy atom. The number of nitrogens with one attached hydrogen (secondary N) is 1. The number of carbonyl (C=O) groups excluding carboxylic acids is 1. The molecule has 0 saturated carbocycles. The minimum Gasteiger partial charge on any atom is -0.326 e. The van der Waals surface area contributed by atoms with E-state index in [0.29, 0.717) is 13.0 Å². The first-order valence-corrected chi connectivity index (χ1v) is 7.41. The van der Waals surface area contributed by atoms with Gasteiger partial charge in [-0.3, -0.25) is 9.48 Å². The molecular weight excluding hydrogens is 274 g/mol. The Morgan fingerprint density at radius 1 is 1.14 bits per heavy atom. The van der Waals surface area contributed by atoms with Crippen molar-refractivity contribution in [2.45, 2.75) is 26.8 Å². The quantitative estimate of drug-likeness (QED) is 0.797. The van der Waals surface area contributed by atoms with Gasteiger partial charge in [-0.1, -0.05) is 35.9 Å². The third-order valence-corrected chi connectivity index (χ3v) is 3.75. The summed E-state index contributed by atoms with van der Waals surface area (Å²) in [6, 6.07) is 13.9. The van der Waals surface area contributed by atoms with Crippen LogP contribution in [0.2, 0.25) is 0 Å². The molecule has 112 valence electrons. The number of amides is 1. The fraction of sp³-hybridized carbons (Fsp3) is 0.222. The van der Waals surface area contributed by atoms with Gasteiger partial charge in [-0.15, -0.1) is 0 Å². The highest BCUT2D eigenvalue weighted by Crippen LogP contribution is 2.18. The second kappa shape index (κ2) is 6.02. The Labute approximate surface area is 129 Å². The predicted octanol–water partition coefficient (Wildman–Crippen LogP) is 3.68. The van der Waals surface area contributed by atoms with E-state index in [9.17, 15) is 4.79 Å². The summed E-state index contributed by atoms with van der Waals surface area (Å²) < 4.78 is 1.90. The lowest BCUT2D eigenvalue weighted by atomic mass is 10.2. The van der Waals surface area contributed by atoms with Gasteiger partial charge in [-0.2, -0.15) is 5.10 Å². The lowest BCUT2D eigenvalue weighted by Gasteiger charge is -2.07. The number of anilines is 1. The van der Waals surface area contributed by atoms with Crippen LogP contribution in [0.3, 0.4) is 0 Å². The topological polar surface area (TPSA) is 46.9 Å². The summed E-state index contributed by atoms with van der Waals surface area (Å²) in [6.07, 6.45) is 2.25. The van der Waals surface area contributed by atoms with Crippen LogP contribution in [0.25, 0.3) is 10.9 Å². The van der Waals surface area contributed by atoms with E-state index in [1.54, 1.807) is 0 Å². The number of nitrogens with zero attached hydrogens (tertiary/aromatic N) is 2. The largest absolute Gasteiger partial charge is 0.326 e. The molecule has 22 heavy (non-hydrogen) atoms. The summed E-state index contributed by atoms with van der Waals surface area (Å²) in [4.78, 5) is 12.1. The van der Waals surface area contributed by atoms with Crippen LogP contribution in [0.1, 0.15) is 17.5 Å². The van der Waals surface area contributed by atoms with Crippen LogP contribution in [-0.2, 0) is 11.3 Å². The van der Waals surface area contributed by atoms with Crippen LogP contribution in [0.4, 0.5) is 5.69 Å². The van der Waals surface area contributed by atoms with Gasteiger partial charge in [-0.25, -0.2) is 0 Å². The van der Waals surface area contributed by atoms with Crippen molar-refractivity contribution in [2.75, 3.05) is 5.32 Å². The smallest absolute Gasteiger partial charge is 0.226 e. The molecule has 4 heteroatoms. The molecule has 0 fully saturated rings. The Morgan fingerprint density at radius 2 is 1.91 bits per heavy atom. The number of hydrogen-bond acceptors (Lipinski definition) is 2. The molecule has 0 saturated heterocycles. The molecule has 1 aromatic heterocycles. The number of rotatable bonds is 4. The van der Waals surface area contributed by atoms with E-state index < -0.39 is 0 Å². The zero-order valence-electron chi connectivity index (χ0n) is 12.8. The SMILES string of the molecule is Cc1ccc(NC(=O)CCn2ncc3cccc(C)c32)cc1. The molecule has 0 spiro atoms. The summed E-state index contributed by atoms with van der Waals surface area (Å²) in [5.74, 6) is 0.00101. The highest BCUT2D eigenvalue weighted by molar-refractivity contribution is 5.90. The Kier molecular flexibility index (Phi) is 3.92. The van der Waals surface area contributed by atoms with E-state index in [4.69, 9.17) is 0 Å². The van der Waals surface area contributed by atoms with Crippen LogP contribution in [0.5, 0.6) is 0 Å². The van der Waals surface area contributed by atoms with Crippen molar-refractivity contribution < 1.29 is 4.79 Å².